The third-order valence-electron chi connectivity index (χ3n) is 3.28. The molecule has 1 heterocycles. The molecule has 1 aromatic heterocycles. The Balaban J connectivity index is 2.37. The minimum atomic E-state index is -0.557. The zero-order valence-corrected chi connectivity index (χ0v) is 12.8. The number of rotatable bonds is 4. The highest BCUT2D eigenvalue weighted by atomic mass is 79.9. The number of hydrogen-bond acceptors (Lipinski definition) is 2. The van der Waals surface area contributed by atoms with Gasteiger partial charge in [0, 0.05) is 11.8 Å². The molecule has 1 unspecified atom stereocenters. The Morgan fingerprint density at radius 3 is 2.70 bits per heavy atom. The Labute approximate surface area is 125 Å². The first-order valence-electron chi connectivity index (χ1n) is 6.25. The quantitative estimate of drug-likeness (QED) is 0.853. The van der Waals surface area contributed by atoms with Crippen LogP contribution in [-0.2, 0) is 6.42 Å². The number of aromatic nitrogens is 1. The summed E-state index contributed by atoms with van der Waals surface area (Å²) < 4.78 is 28.1. The van der Waals surface area contributed by atoms with Crippen LogP contribution in [-0.4, -0.2) is 12.0 Å². The standard InChI is InChI=1S/C15H15BrF2N2/c1-9-4-3-7-20-15(9)13(19-2)8-10-12(17)6-5-11(16)14(10)18/h3-7,13,19H,8H2,1-2H3. The van der Waals surface area contributed by atoms with Crippen LogP contribution in [0.5, 0.6) is 0 Å². The normalized spacial score (nSPS) is 12.4. The molecule has 20 heavy (non-hydrogen) atoms. The van der Waals surface area contributed by atoms with Crippen LogP contribution in [0, 0.1) is 18.6 Å². The summed E-state index contributed by atoms with van der Waals surface area (Å²) in [7, 11) is 1.76. The number of likely N-dealkylation sites (N-methyl/N-ethyl adjacent to an activating group) is 1. The summed E-state index contributed by atoms with van der Waals surface area (Å²) in [6.45, 7) is 1.93. The average molecular weight is 341 g/mol. The summed E-state index contributed by atoms with van der Waals surface area (Å²) in [5.74, 6) is -1.10. The fourth-order valence-electron chi connectivity index (χ4n) is 2.16. The van der Waals surface area contributed by atoms with Gasteiger partial charge >= 0.3 is 0 Å². The second-order valence-electron chi connectivity index (χ2n) is 4.57. The highest BCUT2D eigenvalue weighted by Gasteiger charge is 2.20. The topological polar surface area (TPSA) is 24.9 Å². The van der Waals surface area contributed by atoms with E-state index in [0.717, 1.165) is 11.3 Å². The van der Waals surface area contributed by atoms with Crippen molar-refractivity contribution in [1.29, 1.82) is 0 Å². The lowest BCUT2D eigenvalue weighted by atomic mass is 9.99. The molecule has 2 rings (SSSR count). The lowest BCUT2D eigenvalue weighted by Crippen LogP contribution is -2.22. The van der Waals surface area contributed by atoms with Crippen molar-refractivity contribution in [2.45, 2.75) is 19.4 Å². The summed E-state index contributed by atoms with van der Waals surface area (Å²) >= 11 is 3.09. The van der Waals surface area contributed by atoms with Crippen LogP contribution in [0.2, 0.25) is 0 Å². The van der Waals surface area contributed by atoms with E-state index < -0.39 is 11.6 Å². The van der Waals surface area contributed by atoms with Crippen molar-refractivity contribution in [1.82, 2.24) is 10.3 Å². The number of benzene rings is 1. The molecule has 0 bridgehead atoms. The van der Waals surface area contributed by atoms with Gasteiger partial charge in [-0.2, -0.15) is 0 Å². The first-order valence-corrected chi connectivity index (χ1v) is 7.05. The monoisotopic (exact) mass is 340 g/mol. The average Bonchev–Trinajstić information content (AvgIpc) is 2.45. The maximum Gasteiger partial charge on any atom is 0.143 e. The highest BCUT2D eigenvalue weighted by Crippen LogP contribution is 2.26. The summed E-state index contributed by atoms with van der Waals surface area (Å²) in [4.78, 5) is 4.31. The number of nitrogens with zero attached hydrogens (tertiary/aromatic N) is 1. The molecule has 106 valence electrons. The van der Waals surface area contributed by atoms with Crippen molar-refractivity contribution in [3.8, 4) is 0 Å². The van der Waals surface area contributed by atoms with E-state index in [1.54, 1.807) is 13.2 Å². The molecule has 5 heteroatoms. The Bertz CT molecular complexity index is 617. The van der Waals surface area contributed by atoms with Crippen molar-refractivity contribution < 1.29 is 8.78 Å². The summed E-state index contributed by atoms with van der Waals surface area (Å²) in [6.07, 6.45) is 1.88. The molecule has 0 aliphatic rings. The number of aryl methyl sites for hydroxylation is 1. The van der Waals surface area contributed by atoms with Gasteiger partial charge in [0.05, 0.1) is 16.2 Å². The fourth-order valence-corrected chi connectivity index (χ4v) is 2.53. The van der Waals surface area contributed by atoms with Crippen molar-refractivity contribution in [2.24, 2.45) is 0 Å². The second kappa shape index (κ2) is 6.41. The Hall–Kier alpha value is -1.33. The van der Waals surface area contributed by atoms with Crippen LogP contribution in [0.25, 0.3) is 0 Å². The molecule has 0 spiro atoms. The van der Waals surface area contributed by atoms with Crippen molar-refractivity contribution in [3.63, 3.8) is 0 Å². The first-order chi connectivity index (χ1) is 9.54. The lowest BCUT2D eigenvalue weighted by molar-refractivity contribution is 0.506. The van der Waals surface area contributed by atoms with Crippen LogP contribution in [0.1, 0.15) is 22.9 Å². The summed E-state index contributed by atoms with van der Waals surface area (Å²) in [5.41, 5.74) is 1.85. The molecule has 0 saturated heterocycles. The van der Waals surface area contributed by atoms with E-state index in [2.05, 4.69) is 26.2 Å². The second-order valence-corrected chi connectivity index (χ2v) is 5.43. The van der Waals surface area contributed by atoms with E-state index >= 15 is 0 Å². The number of nitrogens with one attached hydrogen (secondary N) is 1. The maximum atomic E-state index is 14.0. The van der Waals surface area contributed by atoms with Gasteiger partial charge in [-0.3, -0.25) is 4.98 Å². The SMILES string of the molecule is CNC(Cc1c(F)ccc(Br)c1F)c1ncccc1C. The molecular formula is C15H15BrF2N2. The van der Waals surface area contributed by atoms with Crippen LogP contribution in [0.3, 0.4) is 0 Å². The number of halogens is 3. The minimum absolute atomic E-state index is 0.0591. The molecule has 0 amide bonds. The van der Waals surface area contributed by atoms with E-state index in [-0.39, 0.29) is 22.5 Å². The van der Waals surface area contributed by atoms with Gasteiger partial charge in [0.25, 0.3) is 0 Å². The Morgan fingerprint density at radius 2 is 2.05 bits per heavy atom. The van der Waals surface area contributed by atoms with Crippen molar-refractivity contribution in [3.05, 3.63) is 63.4 Å². The molecule has 0 fully saturated rings. The van der Waals surface area contributed by atoms with Gasteiger partial charge in [-0.25, -0.2) is 8.78 Å². The summed E-state index contributed by atoms with van der Waals surface area (Å²) in [6, 6.07) is 6.16. The Kier molecular flexibility index (Phi) is 4.83. The molecule has 1 atom stereocenters. The maximum absolute atomic E-state index is 14.0. The van der Waals surface area contributed by atoms with E-state index in [0.29, 0.717) is 0 Å². The molecule has 1 N–H and O–H groups in total. The van der Waals surface area contributed by atoms with E-state index in [4.69, 9.17) is 0 Å². The molecule has 2 aromatic rings. The predicted octanol–water partition coefficient (Wildman–Crippen LogP) is 3.93. The largest absolute Gasteiger partial charge is 0.311 e. The van der Waals surface area contributed by atoms with Gasteiger partial charge in [0.2, 0.25) is 0 Å². The van der Waals surface area contributed by atoms with Gasteiger partial charge in [0.15, 0.2) is 0 Å². The number of hydrogen-bond donors (Lipinski definition) is 1. The van der Waals surface area contributed by atoms with Gasteiger partial charge in [-0.1, -0.05) is 6.07 Å². The van der Waals surface area contributed by atoms with Crippen LogP contribution in [0.4, 0.5) is 8.78 Å². The fraction of sp³-hybridized carbons (Fsp3) is 0.267. The molecular weight excluding hydrogens is 326 g/mol. The van der Waals surface area contributed by atoms with Gasteiger partial charge in [-0.05, 0) is 60.1 Å². The first kappa shape index (κ1) is 15.1. The van der Waals surface area contributed by atoms with Gasteiger partial charge in [0.1, 0.15) is 11.6 Å². The third-order valence-corrected chi connectivity index (χ3v) is 3.89. The Morgan fingerprint density at radius 1 is 1.30 bits per heavy atom. The molecule has 1 aromatic carbocycles. The van der Waals surface area contributed by atoms with E-state index in [1.165, 1.54) is 12.1 Å². The van der Waals surface area contributed by atoms with Crippen LogP contribution in [0.15, 0.2) is 34.9 Å². The van der Waals surface area contributed by atoms with Crippen LogP contribution >= 0.6 is 15.9 Å². The molecule has 0 saturated carbocycles. The smallest absolute Gasteiger partial charge is 0.143 e. The van der Waals surface area contributed by atoms with E-state index in [1.807, 2.05) is 19.1 Å². The number of pyridine rings is 1. The molecule has 0 aliphatic heterocycles. The molecule has 0 radical (unpaired) electrons. The van der Waals surface area contributed by atoms with Crippen molar-refractivity contribution >= 4 is 15.9 Å². The zero-order valence-electron chi connectivity index (χ0n) is 11.3. The van der Waals surface area contributed by atoms with Crippen molar-refractivity contribution in [2.75, 3.05) is 7.05 Å². The van der Waals surface area contributed by atoms with Gasteiger partial charge < -0.3 is 5.32 Å². The minimum Gasteiger partial charge on any atom is -0.311 e. The molecule has 2 nitrogen and oxygen atoms in total. The predicted molar refractivity (Wildman–Crippen MR) is 78.5 cm³/mol. The lowest BCUT2D eigenvalue weighted by Gasteiger charge is -2.18. The third kappa shape index (κ3) is 3.04. The highest BCUT2D eigenvalue weighted by molar-refractivity contribution is 9.10. The van der Waals surface area contributed by atoms with Gasteiger partial charge in [-0.15, -0.1) is 0 Å². The van der Waals surface area contributed by atoms with E-state index in [9.17, 15) is 8.78 Å². The van der Waals surface area contributed by atoms with Crippen LogP contribution < -0.4 is 5.32 Å². The summed E-state index contributed by atoms with van der Waals surface area (Å²) in [5, 5.41) is 3.07. The molecule has 0 aliphatic carbocycles. The zero-order chi connectivity index (χ0) is 14.7.